The molecule has 0 aliphatic carbocycles. The number of piperidine rings is 1. The van der Waals surface area contributed by atoms with Crippen molar-refractivity contribution in [2.75, 3.05) is 59.7 Å². The summed E-state index contributed by atoms with van der Waals surface area (Å²) in [7, 11) is 2.24. The van der Waals surface area contributed by atoms with Crippen LogP contribution in [0.4, 0.5) is 0 Å². The highest BCUT2D eigenvalue weighted by molar-refractivity contribution is 7.10. The summed E-state index contributed by atoms with van der Waals surface area (Å²) in [6, 6.07) is 4.90. The Kier molecular flexibility index (Phi) is 12.3. The summed E-state index contributed by atoms with van der Waals surface area (Å²) in [5, 5.41) is 8.93. The van der Waals surface area contributed by atoms with E-state index in [4.69, 9.17) is 14.5 Å². The first-order valence-electron chi connectivity index (χ1n) is 11.2. The summed E-state index contributed by atoms with van der Waals surface area (Å²) in [6.07, 6.45) is 4.77. The minimum Gasteiger partial charge on any atom is -0.379 e. The van der Waals surface area contributed by atoms with Gasteiger partial charge in [-0.25, -0.2) is 0 Å². The average molecular weight is 425 g/mol. The first kappa shape index (κ1) is 24.1. The molecule has 2 N–H and O–H groups in total. The third-order valence-corrected chi connectivity index (χ3v) is 6.17. The fourth-order valence-electron chi connectivity index (χ4n) is 3.72. The van der Waals surface area contributed by atoms with Crippen molar-refractivity contribution in [2.24, 2.45) is 10.9 Å². The smallest absolute Gasteiger partial charge is 0.191 e. The van der Waals surface area contributed by atoms with E-state index in [1.807, 2.05) is 11.3 Å². The molecule has 166 valence electrons. The second-order valence-corrected chi connectivity index (χ2v) is 8.55. The second-order valence-electron chi connectivity index (χ2n) is 7.57. The van der Waals surface area contributed by atoms with Gasteiger partial charge in [0.15, 0.2) is 5.96 Å². The van der Waals surface area contributed by atoms with E-state index in [1.165, 1.54) is 30.7 Å². The second kappa shape index (κ2) is 14.8. The molecule has 6 nitrogen and oxygen atoms in total. The Labute approximate surface area is 181 Å². The summed E-state index contributed by atoms with van der Waals surface area (Å²) in [5.74, 6) is 1.44. The normalized spacial score (nSPS) is 20.7. The van der Waals surface area contributed by atoms with Crippen LogP contribution in [-0.2, 0) is 9.47 Å². The van der Waals surface area contributed by atoms with Crippen molar-refractivity contribution < 1.29 is 9.47 Å². The third-order valence-electron chi connectivity index (χ3n) is 5.22. The highest BCUT2D eigenvalue weighted by Crippen LogP contribution is 2.37. The van der Waals surface area contributed by atoms with Gasteiger partial charge in [0.05, 0.1) is 19.8 Å². The van der Waals surface area contributed by atoms with Crippen molar-refractivity contribution >= 4 is 17.3 Å². The van der Waals surface area contributed by atoms with Crippen LogP contribution in [-0.4, -0.2) is 70.5 Å². The number of thiophene rings is 1. The van der Waals surface area contributed by atoms with E-state index in [0.29, 0.717) is 31.8 Å². The monoisotopic (exact) mass is 424 g/mol. The highest BCUT2D eigenvalue weighted by Gasteiger charge is 2.31. The molecule has 7 heteroatoms. The summed E-state index contributed by atoms with van der Waals surface area (Å²) < 4.78 is 11.2. The van der Waals surface area contributed by atoms with Gasteiger partial charge < -0.3 is 20.1 Å². The molecule has 1 aliphatic rings. The molecule has 1 aromatic heterocycles. The first-order chi connectivity index (χ1) is 14.3. The van der Waals surface area contributed by atoms with E-state index in [2.05, 4.69) is 53.9 Å². The minimum absolute atomic E-state index is 0.478. The molecule has 0 radical (unpaired) electrons. The van der Waals surface area contributed by atoms with Crippen LogP contribution >= 0.6 is 11.3 Å². The number of aliphatic imine (C=N–C) groups is 1. The molecule has 1 saturated heterocycles. The Hall–Kier alpha value is -1.15. The van der Waals surface area contributed by atoms with Crippen molar-refractivity contribution in [2.45, 2.75) is 45.6 Å². The molecule has 0 bridgehead atoms. The van der Waals surface area contributed by atoms with Crippen LogP contribution in [0.3, 0.4) is 0 Å². The first-order valence-corrected chi connectivity index (χ1v) is 12.1. The Balaban J connectivity index is 1.74. The van der Waals surface area contributed by atoms with E-state index in [1.54, 1.807) is 0 Å². The van der Waals surface area contributed by atoms with Gasteiger partial charge in [-0.3, -0.25) is 9.89 Å². The molecule has 0 aromatic carbocycles. The SMILES string of the molecule is CCCCOCCOCCNC(=NCC1CCCN(C)C1c1cccs1)NCC. The van der Waals surface area contributed by atoms with Gasteiger partial charge in [-0.2, -0.15) is 0 Å². The lowest BCUT2D eigenvalue weighted by atomic mass is 9.88. The fourth-order valence-corrected chi connectivity index (χ4v) is 4.70. The Morgan fingerprint density at radius 2 is 2.03 bits per heavy atom. The van der Waals surface area contributed by atoms with E-state index in [-0.39, 0.29) is 0 Å². The summed E-state index contributed by atoms with van der Waals surface area (Å²) in [6.45, 7) is 10.7. The van der Waals surface area contributed by atoms with Gasteiger partial charge >= 0.3 is 0 Å². The fraction of sp³-hybridized carbons (Fsp3) is 0.773. The highest BCUT2D eigenvalue weighted by atomic mass is 32.1. The van der Waals surface area contributed by atoms with Crippen molar-refractivity contribution in [1.29, 1.82) is 0 Å². The van der Waals surface area contributed by atoms with E-state index < -0.39 is 0 Å². The molecule has 1 aromatic rings. The number of rotatable bonds is 13. The molecular weight excluding hydrogens is 384 g/mol. The number of nitrogens with zero attached hydrogens (tertiary/aromatic N) is 2. The minimum atomic E-state index is 0.478. The van der Waals surface area contributed by atoms with Crippen LogP contribution in [0.15, 0.2) is 22.5 Å². The number of likely N-dealkylation sites (tertiary alicyclic amines) is 1. The molecule has 0 saturated carbocycles. The van der Waals surface area contributed by atoms with Gasteiger partial charge in [0, 0.05) is 37.2 Å². The number of unbranched alkanes of at least 4 members (excludes halogenated alkanes) is 1. The van der Waals surface area contributed by atoms with Gasteiger partial charge in [0.25, 0.3) is 0 Å². The maximum absolute atomic E-state index is 5.64. The lowest BCUT2D eigenvalue weighted by Gasteiger charge is -2.38. The number of hydrogen-bond acceptors (Lipinski definition) is 5. The number of guanidine groups is 1. The van der Waals surface area contributed by atoms with E-state index >= 15 is 0 Å². The largest absolute Gasteiger partial charge is 0.379 e. The number of ether oxygens (including phenoxy) is 2. The molecule has 1 aliphatic heterocycles. The van der Waals surface area contributed by atoms with Gasteiger partial charge in [-0.1, -0.05) is 19.4 Å². The Morgan fingerprint density at radius 1 is 1.21 bits per heavy atom. The van der Waals surface area contributed by atoms with Gasteiger partial charge in [0.1, 0.15) is 0 Å². The Morgan fingerprint density at radius 3 is 2.76 bits per heavy atom. The van der Waals surface area contributed by atoms with Crippen molar-refractivity contribution in [3.05, 3.63) is 22.4 Å². The maximum Gasteiger partial charge on any atom is 0.191 e. The zero-order valence-electron chi connectivity index (χ0n) is 18.5. The maximum atomic E-state index is 5.64. The molecular formula is C22H40N4O2S. The van der Waals surface area contributed by atoms with Crippen LogP contribution in [0, 0.1) is 5.92 Å². The summed E-state index contributed by atoms with van der Waals surface area (Å²) in [4.78, 5) is 8.84. The lowest BCUT2D eigenvalue weighted by Crippen LogP contribution is -2.41. The molecule has 29 heavy (non-hydrogen) atoms. The zero-order valence-corrected chi connectivity index (χ0v) is 19.3. The number of hydrogen-bond donors (Lipinski definition) is 2. The van der Waals surface area contributed by atoms with Gasteiger partial charge in [-0.05, 0) is 57.1 Å². The van der Waals surface area contributed by atoms with Gasteiger partial charge in [0.2, 0.25) is 0 Å². The molecule has 2 heterocycles. The Bertz CT molecular complexity index is 553. The zero-order chi connectivity index (χ0) is 20.7. The van der Waals surface area contributed by atoms with Crippen LogP contribution < -0.4 is 10.6 Å². The standard InChI is InChI=1S/C22H40N4O2S/c1-4-6-13-27-15-16-28-14-11-24-22(23-5-2)25-18-19-9-7-12-26(3)21(19)20-10-8-17-29-20/h8,10,17,19,21H,4-7,9,11-16,18H2,1-3H3,(H2,23,24,25). The quantitative estimate of drug-likeness (QED) is 0.288. The van der Waals surface area contributed by atoms with Crippen LogP contribution in [0.25, 0.3) is 0 Å². The van der Waals surface area contributed by atoms with Crippen molar-refractivity contribution in [1.82, 2.24) is 15.5 Å². The van der Waals surface area contributed by atoms with Crippen molar-refractivity contribution in [3.8, 4) is 0 Å². The predicted octanol–water partition coefficient (Wildman–Crippen LogP) is 3.52. The molecule has 2 atom stereocenters. The van der Waals surface area contributed by atoms with Crippen LogP contribution in [0.2, 0.25) is 0 Å². The van der Waals surface area contributed by atoms with Gasteiger partial charge in [-0.15, -0.1) is 11.3 Å². The number of nitrogens with one attached hydrogen (secondary N) is 2. The third kappa shape index (κ3) is 9.03. The van der Waals surface area contributed by atoms with E-state index in [9.17, 15) is 0 Å². The predicted molar refractivity (Wildman–Crippen MR) is 123 cm³/mol. The molecule has 2 rings (SSSR count). The molecule has 0 spiro atoms. The summed E-state index contributed by atoms with van der Waals surface area (Å²) in [5.41, 5.74) is 0. The van der Waals surface area contributed by atoms with Crippen LogP contribution in [0.5, 0.6) is 0 Å². The van der Waals surface area contributed by atoms with E-state index in [0.717, 1.165) is 38.6 Å². The topological polar surface area (TPSA) is 58.1 Å². The van der Waals surface area contributed by atoms with Crippen LogP contribution in [0.1, 0.15) is 50.4 Å². The molecule has 1 fully saturated rings. The average Bonchev–Trinajstić information content (AvgIpc) is 3.25. The summed E-state index contributed by atoms with van der Waals surface area (Å²) >= 11 is 1.86. The molecule has 2 unspecified atom stereocenters. The van der Waals surface area contributed by atoms with Crippen molar-refractivity contribution in [3.63, 3.8) is 0 Å². The molecule has 0 amide bonds. The lowest BCUT2D eigenvalue weighted by molar-refractivity contribution is 0.0487.